The molecule has 0 spiro atoms. The second kappa shape index (κ2) is 7.09. The van der Waals surface area contributed by atoms with Crippen LogP contribution in [0.25, 0.3) is 0 Å². The number of carbonyl (C=O) groups is 1. The zero-order valence-electron chi connectivity index (χ0n) is 11.1. The molecule has 1 aromatic rings. The van der Waals surface area contributed by atoms with Crippen LogP contribution in [-0.2, 0) is 19.4 Å². The van der Waals surface area contributed by atoms with Crippen LogP contribution in [0.4, 0.5) is 0 Å². The average Bonchev–Trinajstić information content (AvgIpc) is 2.37. The Kier molecular flexibility index (Phi) is 5.76. The van der Waals surface area contributed by atoms with Gasteiger partial charge < -0.3 is 4.74 Å². The molecule has 1 rings (SSSR count). The minimum atomic E-state index is -3.58. The van der Waals surface area contributed by atoms with E-state index in [1.54, 1.807) is 12.1 Å². The monoisotopic (exact) mass is 282 g/mol. The van der Waals surface area contributed by atoms with E-state index in [2.05, 4.69) is 0 Å². The Morgan fingerprint density at radius 2 is 1.89 bits per heavy atom. The molecule has 0 bridgehead atoms. The maximum absolute atomic E-state index is 11.9. The number of sulfone groups is 1. The van der Waals surface area contributed by atoms with Crippen molar-refractivity contribution in [2.24, 2.45) is 0 Å². The van der Waals surface area contributed by atoms with Crippen LogP contribution in [0.15, 0.2) is 40.6 Å². The number of esters is 1. The molecule has 19 heavy (non-hydrogen) atoms. The number of hydrogen-bond donors (Lipinski definition) is 0. The molecule has 0 aliphatic carbocycles. The second-order valence-electron chi connectivity index (χ2n) is 4.18. The molecule has 1 aromatic carbocycles. The van der Waals surface area contributed by atoms with Gasteiger partial charge in [-0.3, -0.25) is 0 Å². The highest BCUT2D eigenvalue weighted by Crippen LogP contribution is 2.13. The van der Waals surface area contributed by atoms with Crippen molar-refractivity contribution in [3.8, 4) is 0 Å². The lowest BCUT2D eigenvalue weighted by Gasteiger charge is -2.01. The quantitative estimate of drug-likeness (QED) is 0.457. The highest BCUT2D eigenvalue weighted by atomic mass is 32.2. The number of carbonyl (C=O) groups excluding carboxylic acids is 1. The summed E-state index contributed by atoms with van der Waals surface area (Å²) < 4.78 is 28.6. The molecule has 0 aromatic heterocycles. The summed E-state index contributed by atoms with van der Waals surface area (Å²) in [5.74, 6) is -0.635. The highest BCUT2D eigenvalue weighted by molar-refractivity contribution is 7.94. The van der Waals surface area contributed by atoms with Gasteiger partial charge in [-0.15, -0.1) is 0 Å². The number of unbranched alkanes of at least 4 members (excludes halogenated alkanes) is 1. The van der Waals surface area contributed by atoms with E-state index in [9.17, 15) is 13.2 Å². The van der Waals surface area contributed by atoms with Gasteiger partial charge in [0.1, 0.15) is 0 Å². The standard InChI is InChI=1S/C14H18O4S/c1-3-4-10-18-14(15)9-11-19(16,17)13-7-5-12(2)6-8-13/h5-9,11H,3-4,10H2,1-2H3/b11-9+. The highest BCUT2D eigenvalue weighted by Gasteiger charge is 2.10. The zero-order chi connectivity index (χ0) is 14.3. The van der Waals surface area contributed by atoms with Gasteiger partial charge in [0.2, 0.25) is 0 Å². The summed E-state index contributed by atoms with van der Waals surface area (Å²) in [7, 11) is -3.58. The molecule has 104 valence electrons. The molecule has 0 amide bonds. The Balaban J connectivity index is 2.69. The smallest absolute Gasteiger partial charge is 0.331 e. The maximum atomic E-state index is 11.9. The fourth-order valence-electron chi connectivity index (χ4n) is 1.32. The van der Waals surface area contributed by atoms with Crippen molar-refractivity contribution >= 4 is 15.8 Å². The molecule has 0 N–H and O–H groups in total. The van der Waals surface area contributed by atoms with Crippen LogP contribution in [0, 0.1) is 6.92 Å². The SMILES string of the molecule is CCCCOC(=O)/C=C/S(=O)(=O)c1ccc(C)cc1. The minimum Gasteiger partial charge on any atom is -0.463 e. The first kappa shape index (κ1) is 15.4. The third kappa shape index (κ3) is 5.26. The van der Waals surface area contributed by atoms with Crippen molar-refractivity contribution in [2.45, 2.75) is 31.6 Å². The van der Waals surface area contributed by atoms with Gasteiger partial charge in [-0.05, 0) is 25.5 Å². The molecule has 0 saturated carbocycles. The molecule has 0 aliphatic heterocycles. The van der Waals surface area contributed by atoms with Gasteiger partial charge in [-0.2, -0.15) is 0 Å². The van der Waals surface area contributed by atoms with Crippen LogP contribution < -0.4 is 0 Å². The Labute approximate surface area is 114 Å². The Morgan fingerprint density at radius 1 is 1.26 bits per heavy atom. The summed E-state index contributed by atoms with van der Waals surface area (Å²) in [6, 6.07) is 6.44. The average molecular weight is 282 g/mol. The molecule has 0 aliphatic rings. The van der Waals surface area contributed by atoms with Crippen molar-refractivity contribution in [1.82, 2.24) is 0 Å². The number of rotatable bonds is 6. The van der Waals surface area contributed by atoms with Gasteiger partial charge in [0.05, 0.1) is 11.5 Å². The van der Waals surface area contributed by atoms with E-state index in [1.165, 1.54) is 12.1 Å². The molecule has 0 heterocycles. The normalized spacial score (nSPS) is 11.7. The van der Waals surface area contributed by atoms with E-state index in [4.69, 9.17) is 4.74 Å². The first-order chi connectivity index (χ1) is 8.95. The van der Waals surface area contributed by atoms with Crippen molar-refractivity contribution in [2.75, 3.05) is 6.61 Å². The minimum absolute atomic E-state index is 0.163. The lowest BCUT2D eigenvalue weighted by atomic mass is 10.2. The Hall–Kier alpha value is -1.62. The molecule has 0 unspecified atom stereocenters. The van der Waals surface area contributed by atoms with Gasteiger partial charge in [0, 0.05) is 11.5 Å². The fraction of sp³-hybridized carbons (Fsp3) is 0.357. The third-order valence-electron chi connectivity index (χ3n) is 2.48. The van der Waals surface area contributed by atoms with Crippen molar-refractivity contribution in [1.29, 1.82) is 0 Å². The topological polar surface area (TPSA) is 60.4 Å². The molecule has 0 atom stereocenters. The third-order valence-corrected chi connectivity index (χ3v) is 3.90. The summed E-state index contributed by atoms with van der Waals surface area (Å²) in [6.45, 7) is 4.16. The largest absolute Gasteiger partial charge is 0.463 e. The first-order valence-corrected chi connectivity index (χ1v) is 7.67. The van der Waals surface area contributed by atoms with Crippen LogP contribution in [-0.4, -0.2) is 21.0 Å². The summed E-state index contributed by atoms with van der Waals surface area (Å²) in [6.07, 6.45) is 2.63. The molecular weight excluding hydrogens is 264 g/mol. The van der Waals surface area contributed by atoms with E-state index >= 15 is 0 Å². The molecule has 0 saturated heterocycles. The van der Waals surface area contributed by atoms with Gasteiger partial charge in [0.25, 0.3) is 0 Å². The summed E-state index contributed by atoms with van der Waals surface area (Å²) in [4.78, 5) is 11.4. The van der Waals surface area contributed by atoms with Gasteiger partial charge in [-0.1, -0.05) is 31.0 Å². The van der Waals surface area contributed by atoms with E-state index < -0.39 is 15.8 Å². The van der Waals surface area contributed by atoms with Crippen LogP contribution in [0.2, 0.25) is 0 Å². The fourth-order valence-corrected chi connectivity index (χ4v) is 2.28. The molecule has 0 fully saturated rings. The van der Waals surface area contributed by atoms with Crippen molar-refractivity contribution in [3.05, 3.63) is 41.3 Å². The molecule has 0 radical (unpaired) electrons. The summed E-state index contributed by atoms with van der Waals surface area (Å²) >= 11 is 0. The lowest BCUT2D eigenvalue weighted by molar-refractivity contribution is -0.137. The van der Waals surface area contributed by atoms with E-state index in [-0.39, 0.29) is 4.90 Å². The van der Waals surface area contributed by atoms with Crippen molar-refractivity contribution in [3.63, 3.8) is 0 Å². The maximum Gasteiger partial charge on any atom is 0.331 e. The van der Waals surface area contributed by atoms with Crippen molar-refractivity contribution < 1.29 is 17.9 Å². The Bertz CT molecular complexity index is 541. The number of ether oxygens (including phenoxy) is 1. The lowest BCUT2D eigenvalue weighted by Crippen LogP contribution is -2.04. The summed E-state index contributed by atoms with van der Waals surface area (Å²) in [5, 5.41) is 0.881. The molecule has 5 heteroatoms. The zero-order valence-corrected chi connectivity index (χ0v) is 11.9. The molecule has 4 nitrogen and oxygen atoms in total. The first-order valence-electron chi connectivity index (χ1n) is 6.12. The van der Waals surface area contributed by atoms with Crippen LogP contribution >= 0.6 is 0 Å². The van der Waals surface area contributed by atoms with E-state index in [0.29, 0.717) is 6.61 Å². The number of hydrogen-bond acceptors (Lipinski definition) is 4. The van der Waals surface area contributed by atoms with Gasteiger partial charge >= 0.3 is 5.97 Å². The van der Waals surface area contributed by atoms with Crippen LogP contribution in [0.5, 0.6) is 0 Å². The number of aryl methyl sites for hydroxylation is 1. The Morgan fingerprint density at radius 3 is 2.47 bits per heavy atom. The second-order valence-corrected chi connectivity index (χ2v) is 6.02. The van der Waals surface area contributed by atoms with E-state index in [1.807, 2.05) is 13.8 Å². The van der Waals surface area contributed by atoms with Crippen LogP contribution in [0.3, 0.4) is 0 Å². The van der Waals surface area contributed by atoms with Crippen LogP contribution in [0.1, 0.15) is 25.3 Å². The predicted octanol–water partition coefficient (Wildman–Crippen LogP) is 2.63. The van der Waals surface area contributed by atoms with Gasteiger partial charge in [0.15, 0.2) is 9.84 Å². The van der Waals surface area contributed by atoms with Gasteiger partial charge in [-0.25, -0.2) is 13.2 Å². The van der Waals surface area contributed by atoms with E-state index in [0.717, 1.165) is 29.9 Å². The summed E-state index contributed by atoms with van der Waals surface area (Å²) in [5.41, 5.74) is 0.974. The molecular formula is C14H18O4S. The number of benzene rings is 1. The predicted molar refractivity (Wildman–Crippen MR) is 73.4 cm³/mol.